The Morgan fingerprint density at radius 3 is 2.44 bits per heavy atom. The van der Waals surface area contributed by atoms with Crippen molar-refractivity contribution < 1.29 is 10.2 Å². The fourth-order valence-corrected chi connectivity index (χ4v) is 3.43. The van der Waals surface area contributed by atoms with E-state index >= 15 is 0 Å². The lowest BCUT2D eigenvalue weighted by molar-refractivity contribution is -0.0886. The van der Waals surface area contributed by atoms with E-state index in [-0.39, 0.29) is 5.41 Å². The molecule has 0 amide bonds. The number of aliphatic hydroxyl groups excluding tert-OH is 1. The Hall–Kier alpha value is -0.860. The van der Waals surface area contributed by atoms with Crippen LogP contribution in [0, 0.1) is 5.41 Å². The zero-order valence-electron chi connectivity index (χ0n) is 10.0. The van der Waals surface area contributed by atoms with Crippen LogP contribution in [0.15, 0.2) is 34.4 Å². The van der Waals surface area contributed by atoms with Crippen LogP contribution in [0.25, 0.3) is 0 Å². The molecule has 86 valence electrons. The zero-order chi connectivity index (χ0) is 11.7. The van der Waals surface area contributed by atoms with Crippen LogP contribution in [0.2, 0.25) is 0 Å². The second kappa shape index (κ2) is 2.69. The second-order valence-corrected chi connectivity index (χ2v) is 5.66. The average Bonchev–Trinajstić information content (AvgIpc) is 2.94. The zero-order valence-corrected chi connectivity index (χ0v) is 10.0. The Morgan fingerprint density at radius 1 is 1.25 bits per heavy atom. The Bertz CT molecular complexity index is 459. The molecular formula is C14H18O2. The highest BCUT2D eigenvalue weighted by atomic mass is 16.3. The minimum absolute atomic E-state index is 0.166. The first-order valence-electron chi connectivity index (χ1n) is 5.92. The molecule has 0 heterocycles. The molecule has 0 bridgehead atoms. The third kappa shape index (κ3) is 0.950. The third-order valence-electron chi connectivity index (χ3n) is 4.73. The molecule has 1 spiro atoms. The first-order valence-corrected chi connectivity index (χ1v) is 5.92. The van der Waals surface area contributed by atoms with Crippen LogP contribution < -0.4 is 0 Å². The molecule has 0 aromatic heterocycles. The van der Waals surface area contributed by atoms with Gasteiger partial charge < -0.3 is 10.2 Å². The average molecular weight is 218 g/mol. The van der Waals surface area contributed by atoms with E-state index in [0.717, 1.165) is 29.6 Å². The standard InChI is InChI=1S/C14H18O2/c1-8-6-10-9(2)14(4-5-14)13(3,16)12(15)11(10)7-8/h6-7,12,15-16H,4-5H2,1-3H3/t12-,13-/m0/s1. The van der Waals surface area contributed by atoms with Crippen molar-refractivity contribution >= 4 is 0 Å². The minimum atomic E-state index is -1.01. The number of hydrogen-bond acceptors (Lipinski definition) is 2. The number of rotatable bonds is 0. The predicted molar refractivity (Wildman–Crippen MR) is 62.8 cm³/mol. The molecule has 0 saturated heterocycles. The van der Waals surface area contributed by atoms with E-state index in [0.29, 0.717) is 0 Å². The lowest BCUT2D eigenvalue weighted by atomic mass is 9.67. The summed E-state index contributed by atoms with van der Waals surface area (Å²) in [6, 6.07) is 0. The topological polar surface area (TPSA) is 40.5 Å². The fourth-order valence-electron chi connectivity index (χ4n) is 3.43. The van der Waals surface area contributed by atoms with Gasteiger partial charge in [-0.2, -0.15) is 0 Å². The molecule has 0 unspecified atom stereocenters. The SMILES string of the molecule is CC1=CC2=C(C)C3(CC3)[C@@](C)(O)[C@@H](O)C2=C1. The summed E-state index contributed by atoms with van der Waals surface area (Å²) < 4.78 is 0. The quantitative estimate of drug-likeness (QED) is 0.653. The summed E-state index contributed by atoms with van der Waals surface area (Å²) in [5.74, 6) is 0. The molecule has 3 aliphatic carbocycles. The maximum absolute atomic E-state index is 10.6. The van der Waals surface area contributed by atoms with Gasteiger partial charge in [0.1, 0.15) is 11.7 Å². The van der Waals surface area contributed by atoms with Crippen LogP contribution in [0.3, 0.4) is 0 Å². The minimum Gasteiger partial charge on any atom is -0.386 e. The van der Waals surface area contributed by atoms with Gasteiger partial charge >= 0.3 is 0 Å². The molecule has 0 aromatic carbocycles. The first-order chi connectivity index (χ1) is 7.40. The Kier molecular flexibility index (Phi) is 1.73. The van der Waals surface area contributed by atoms with Crippen molar-refractivity contribution in [3.05, 3.63) is 34.4 Å². The van der Waals surface area contributed by atoms with Crippen molar-refractivity contribution in [2.24, 2.45) is 5.41 Å². The van der Waals surface area contributed by atoms with Crippen molar-refractivity contribution in [3.8, 4) is 0 Å². The molecule has 0 aromatic rings. The van der Waals surface area contributed by atoms with Crippen molar-refractivity contribution in [2.75, 3.05) is 0 Å². The summed E-state index contributed by atoms with van der Waals surface area (Å²) in [7, 11) is 0. The Balaban J connectivity index is 2.24. The van der Waals surface area contributed by atoms with Crippen molar-refractivity contribution in [1.82, 2.24) is 0 Å². The lowest BCUT2D eigenvalue weighted by Crippen LogP contribution is -2.52. The highest BCUT2D eigenvalue weighted by Gasteiger charge is 2.64. The Labute approximate surface area is 96.0 Å². The normalized spacial score (nSPS) is 39.7. The van der Waals surface area contributed by atoms with Gasteiger partial charge in [-0.1, -0.05) is 23.3 Å². The van der Waals surface area contributed by atoms with Crippen molar-refractivity contribution in [1.29, 1.82) is 0 Å². The van der Waals surface area contributed by atoms with Gasteiger partial charge in [0.15, 0.2) is 0 Å². The van der Waals surface area contributed by atoms with Gasteiger partial charge in [0, 0.05) is 5.41 Å². The summed E-state index contributed by atoms with van der Waals surface area (Å²) in [5, 5.41) is 20.9. The van der Waals surface area contributed by atoms with Crippen LogP contribution in [0.1, 0.15) is 33.6 Å². The number of hydrogen-bond donors (Lipinski definition) is 2. The molecule has 3 rings (SSSR count). The highest BCUT2D eigenvalue weighted by Crippen LogP contribution is 2.65. The van der Waals surface area contributed by atoms with Crippen LogP contribution in [0.5, 0.6) is 0 Å². The summed E-state index contributed by atoms with van der Waals surface area (Å²) in [6.45, 7) is 5.91. The smallest absolute Gasteiger partial charge is 0.109 e. The molecule has 2 nitrogen and oxygen atoms in total. The molecule has 2 N–H and O–H groups in total. The van der Waals surface area contributed by atoms with E-state index in [1.807, 2.05) is 13.0 Å². The van der Waals surface area contributed by atoms with Crippen molar-refractivity contribution in [3.63, 3.8) is 0 Å². The van der Waals surface area contributed by atoms with Crippen molar-refractivity contribution in [2.45, 2.75) is 45.3 Å². The van der Waals surface area contributed by atoms with Gasteiger partial charge in [0.2, 0.25) is 0 Å². The first kappa shape index (κ1) is 10.3. The van der Waals surface area contributed by atoms with Gasteiger partial charge in [-0.05, 0) is 44.8 Å². The molecule has 1 fully saturated rings. The largest absolute Gasteiger partial charge is 0.386 e. The third-order valence-corrected chi connectivity index (χ3v) is 4.73. The van der Waals surface area contributed by atoms with E-state index < -0.39 is 11.7 Å². The van der Waals surface area contributed by atoms with E-state index in [1.54, 1.807) is 6.92 Å². The Morgan fingerprint density at radius 2 is 1.88 bits per heavy atom. The maximum atomic E-state index is 10.6. The number of allylic oxidation sites excluding steroid dienone is 3. The molecule has 1 saturated carbocycles. The second-order valence-electron chi connectivity index (χ2n) is 5.66. The van der Waals surface area contributed by atoms with Gasteiger partial charge in [-0.3, -0.25) is 0 Å². The van der Waals surface area contributed by atoms with Gasteiger partial charge in [0.25, 0.3) is 0 Å². The van der Waals surface area contributed by atoms with Crippen LogP contribution in [0.4, 0.5) is 0 Å². The van der Waals surface area contributed by atoms with Crippen LogP contribution in [-0.2, 0) is 0 Å². The fraction of sp³-hybridized carbons (Fsp3) is 0.571. The monoisotopic (exact) mass is 218 g/mol. The van der Waals surface area contributed by atoms with E-state index in [2.05, 4.69) is 13.0 Å². The summed E-state index contributed by atoms with van der Waals surface area (Å²) >= 11 is 0. The molecule has 0 radical (unpaired) electrons. The molecule has 3 aliphatic rings. The molecular weight excluding hydrogens is 200 g/mol. The van der Waals surface area contributed by atoms with E-state index in [1.165, 1.54) is 5.57 Å². The summed E-state index contributed by atoms with van der Waals surface area (Å²) in [6.07, 6.45) is 5.36. The van der Waals surface area contributed by atoms with Gasteiger partial charge in [-0.15, -0.1) is 0 Å². The molecule has 2 atom stereocenters. The molecule has 2 heteroatoms. The van der Waals surface area contributed by atoms with E-state index in [4.69, 9.17) is 0 Å². The predicted octanol–water partition coefficient (Wildman–Crippen LogP) is 2.09. The van der Waals surface area contributed by atoms with Gasteiger partial charge in [0.05, 0.1) is 0 Å². The number of fused-ring (bicyclic) bond motifs is 1. The molecule has 0 aliphatic heterocycles. The van der Waals surface area contributed by atoms with Crippen LogP contribution >= 0.6 is 0 Å². The van der Waals surface area contributed by atoms with E-state index in [9.17, 15) is 10.2 Å². The number of aliphatic hydroxyl groups is 2. The summed E-state index contributed by atoms with van der Waals surface area (Å²) in [5.41, 5.74) is 3.31. The van der Waals surface area contributed by atoms with Crippen LogP contribution in [-0.4, -0.2) is 21.9 Å². The summed E-state index contributed by atoms with van der Waals surface area (Å²) in [4.78, 5) is 0. The maximum Gasteiger partial charge on any atom is 0.109 e. The molecule has 16 heavy (non-hydrogen) atoms. The van der Waals surface area contributed by atoms with Gasteiger partial charge in [-0.25, -0.2) is 0 Å². The highest BCUT2D eigenvalue weighted by molar-refractivity contribution is 5.61. The lowest BCUT2D eigenvalue weighted by Gasteiger charge is -2.44.